The van der Waals surface area contributed by atoms with Crippen LogP contribution in [0.15, 0.2) is 72.8 Å². The van der Waals surface area contributed by atoms with Gasteiger partial charge < -0.3 is 14.7 Å². The van der Waals surface area contributed by atoms with Gasteiger partial charge in [0, 0.05) is 24.3 Å². The second kappa shape index (κ2) is 10.3. The van der Waals surface area contributed by atoms with Crippen LogP contribution in [0.2, 0.25) is 0 Å². The fourth-order valence-electron chi connectivity index (χ4n) is 4.53. The van der Waals surface area contributed by atoms with Crippen molar-refractivity contribution >= 4 is 23.6 Å². The highest BCUT2D eigenvalue weighted by Gasteiger charge is 2.24. The first-order chi connectivity index (χ1) is 17.1. The molecule has 1 heterocycles. The van der Waals surface area contributed by atoms with Crippen LogP contribution in [0.25, 0.3) is 17.2 Å². The molecule has 0 unspecified atom stereocenters. The number of carbonyl (C=O) groups is 2. The molecular formula is C29H28N2O4. The number of aliphatic hydroxyl groups is 1. The third-order valence-corrected chi connectivity index (χ3v) is 6.57. The van der Waals surface area contributed by atoms with Gasteiger partial charge in [-0.1, -0.05) is 60.7 Å². The average molecular weight is 469 g/mol. The van der Waals surface area contributed by atoms with E-state index in [4.69, 9.17) is 9.84 Å². The van der Waals surface area contributed by atoms with E-state index in [0.29, 0.717) is 38.4 Å². The zero-order chi connectivity index (χ0) is 24.2. The van der Waals surface area contributed by atoms with E-state index in [1.807, 2.05) is 29.2 Å². The number of ether oxygens (including phenoxy) is 1. The Kier molecular flexibility index (Phi) is 6.75. The van der Waals surface area contributed by atoms with Gasteiger partial charge in [0.15, 0.2) is 5.78 Å². The second-order valence-electron chi connectivity index (χ2n) is 8.81. The molecule has 2 amide bonds. The number of anilines is 1. The highest BCUT2D eigenvalue weighted by atomic mass is 16.5. The van der Waals surface area contributed by atoms with Gasteiger partial charge in [0.1, 0.15) is 6.61 Å². The molecule has 178 valence electrons. The number of urea groups is 1. The predicted octanol–water partition coefficient (Wildman–Crippen LogP) is 4.56. The minimum Gasteiger partial charge on any atom is -0.388 e. The van der Waals surface area contributed by atoms with Crippen molar-refractivity contribution in [2.75, 3.05) is 37.8 Å². The number of aliphatic hydroxyl groups excluding tert-OH is 1. The summed E-state index contributed by atoms with van der Waals surface area (Å²) < 4.78 is 5.43. The number of nitrogens with zero attached hydrogens (tertiary/aromatic N) is 2. The number of morpholine rings is 1. The number of hydrogen-bond donors (Lipinski definition) is 1. The molecule has 1 N–H and O–H groups in total. The molecule has 1 saturated heterocycles. The molecule has 1 aliphatic heterocycles. The lowest BCUT2D eigenvalue weighted by atomic mass is 10.00. The van der Waals surface area contributed by atoms with E-state index < -0.39 is 6.61 Å². The van der Waals surface area contributed by atoms with Crippen LogP contribution < -0.4 is 4.90 Å². The summed E-state index contributed by atoms with van der Waals surface area (Å²) in [5.41, 5.74) is 7.02. The Hall–Kier alpha value is -3.74. The largest absolute Gasteiger partial charge is 0.388 e. The number of benzene rings is 3. The van der Waals surface area contributed by atoms with Gasteiger partial charge >= 0.3 is 6.03 Å². The molecule has 3 aromatic carbocycles. The van der Waals surface area contributed by atoms with Crippen molar-refractivity contribution in [3.63, 3.8) is 0 Å². The molecule has 0 saturated carbocycles. The van der Waals surface area contributed by atoms with Crippen molar-refractivity contribution in [2.24, 2.45) is 0 Å². The molecular weight excluding hydrogens is 440 g/mol. The Labute approximate surface area is 205 Å². The van der Waals surface area contributed by atoms with Crippen LogP contribution in [0.1, 0.15) is 27.0 Å². The lowest BCUT2D eigenvalue weighted by molar-refractivity contribution is 0.0548. The van der Waals surface area contributed by atoms with Gasteiger partial charge in [-0.25, -0.2) is 4.79 Å². The fraction of sp³-hybridized carbons (Fsp3) is 0.241. The SMILES string of the molecule is O=C(CO)c1ccc(CN(C(=O)N2CCOCC2)c2ccc(-c3ccc4c(c3)C=CC4)cc2)cc1. The van der Waals surface area contributed by atoms with Crippen LogP contribution in [0.4, 0.5) is 10.5 Å². The standard InChI is InChI=1S/C29H28N2O4/c32-20-28(33)24-6-4-21(5-7-24)19-31(29(34)30-14-16-35-17-15-30)27-12-10-23(11-13-27)26-9-8-22-2-1-3-25(22)18-26/h1,3-13,18,32H,2,14-17,19-20H2. The van der Waals surface area contributed by atoms with E-state index in [0.717, 1.165) is 28.8 Å². The van der Waals surface area contributed by atoms with Crippen LogP contribution in [0.5, 0.6) is 0 Å². The molecule has 6 heteroatoms. The van der Waals surface area contributed by atoms with Crippen molar-refractivity contribution in [1.29, 1.82) is 0 Å². The molecule has 0 aromatic heterocycles. The van der Waals surface area contributed by atoms with E-state index >= 15 is 0 Å². The Bertz CT molecular complexity index is 1240. The van der Waals surface area contributed by atoms with Crippen LogP contribution >= 0.6 is 0 Å². The summed E-state index contributed by atoms with van der Waals surface area (Å²) in [6, 6.07) is 21.6. The normalized spacial score (nSPS) is 14.6. The lowest BCUT2D eigenvalue weighted by Gasteiger charge is -2.33. The molecule has 0 atom stereocenters. The van der Waals surface area contributed by atoms with Gasteiger partial charge in [0.25, 0.3) is 0 Å². The Morgan fingerprint density at radius 3 is 2.34 bits per heavy atom. The molecule has 1 fully saturated rings. The van der Waals surface area contributed by atoms with Crippen molar-refractivity contribution < 1.29 is 19.4 Å². The summed E-state index contributed by atoms with van der Waals surface area (Å²) in [6.07, 6.45) is 5.33. The Morgan fingerprint density at radius 1 is 0.914 bits per heavy atom. The first-order valence-corrected chi connectivity index (χ1v) is 11.9. The number of ketones is 1. The second-order valence-corrected chi connectivity index (χ2v) is 8.81. The third kappa shape index (κ3) is 5.04. The van der Waals surface area contributed by atoms with Crippen molar-refractivity contribution in [2.45, 2.75) is 13.0 Å². The summed E-state index contributed by atoms with van der Waals surface area (Å²) >= 11 is 0. The summed E-state index contributed by atoms with van der Waals surface area (Å²) in [5, 5.41) is 9.10. The maximum absolute atomic E-state index is 13.5. The maximum Gasteiger partial charge on any atom is 0.324 e. The molecule has 2 aliphatic rings. The van der Waals surface area contributed by atoms with Gasteiger partial charge in [-0.2, -0.15) is 0 Å². The minimum absolute atomic E-state index is 0.0702. The predicted molar refractivity (Wildman–Crippen MR) is 136 cm³/mol. The van der Waals surface area contributed by atoms with E-state index in [9.17, 15) is 9.59 Å². The summed E-state index contributed by atoms with van der Waals surface area (Å²) in [4.78, 5) is 28.8. The van der Waals surface area contributed by atoms with Crippen LogP contribution in [-0.4, -0.2) is 54.7 Å². The molecule has 0 radical (unpaired) electrons. The molecule has 1 aliphatic carbocycles. The van der Waals surface area contributed by atoms with Crippen molar-refractivity contribution in [3.05, 3.63) is 95.1 Å². The molecule has 5 rings (SSSR count). The average Bonchev–Trinajstić information content (AvgIpc) is 3.40. The van der Waals surface area contributed by atoms with Crippen LogP contribution in [-0.2, 0) is 17.7 Å². The van der Waals surface area contributed by atoms with E-state index in [1.165, 1.54) is 11.1 Å². The topological polar surface area (TPSA) is 70.1 Å². The van der Waals surface area contributed by atoms with E-state index in [2.05, 4.69) is 42.5 Å². The smallest absolute Gasteiger partial charge is 0.324 e. The summed E-state index contributed by atoms with van der Waals surface area (Å²) in [7, 11) is 0. The number of amides is 2. The number of hydrogen-bond acceptors (Lipinski definition) is 4. The number of rotatable bonds is 6. The highest BCUT2D eigenvalue weighted by molar-refractivity contribution is 5.97. The summed E-state index contributed by atoms with van der Waals surface area (Å²) in [5.74, 6) is -0.324. The zero-order valence-corrected chi connectivity index (χ0v) is 19.5. The van der Waals surface area contributed by atoms with Gasteiger partial charge in [0.05, 0.1) is 19.8 Å². The number of Topliss-reactive ketones (excluding diaryl/α,β-unsaturated/α-hetero) is 1. The Morgan fingerprint density at radius 2 is 1.63 bits per heavy atom. The van der Waals surface area contributed by atoms with E-state index in [-0.39, 0.29) is 11.8 Å². The van der Waals surface area contributed by atoms with Gasteiger partial charge in [-0.3, -0.25) is 9.69 Å². The summed E-state index contributed by atoms with van der Waals surface area (Å²) in [6.45, 7) is 2.02. The number of fused-ring (bicyclic) bond motifs is 1. The minimum atomic E-state index is -0.520. The van der Waals surface area contributed by atoms with Gasteiger partial charge in [-0.05, 0) is 52.4 Å². The van der Waals surface area contributed by atoms with Crippen LogP contribution in [0, 0.1) is 0 Å². The zero-order valence-electron chi connectivity index (χ0n) is 19.5. The van der Waals surface area contributed by atoms with Crippen molar-refractivity contribution in [1.82, 2.24) is 4.90 Å². The first-order valence-electron chi connectivity index (χ1n) is 11.9. The van der Waals surface area contributed by atoms with Gasteiger partial charge in [-0.15, -0.1) is 0 Å². The fourth-order valence-corrected chi connectivity index (χ4v) is 4.53. The van der Waals surface area contributed by atoms with Gasteiger partial charge in [0.2, 0.25) is 0 Å². The molecule has 0 bridgehead atoms. The lowest BCUT2D eigenvalue weighted by Crippen LogP contribution is -2.48. The quantitative estimate of drug-likeness (QED) is 0.539. The maximum atomic E-state index is 13.5. The Balaban J connectivity index is 1.41. The monoisotopic (exact) mass is 468 g/mol. The number of allylic oxidation sites excluding steroid dienone is 1. The van der Waals surface area contributed by atoms with Crippen molar-refractivity contribution in [3.8, 4) is 11.1 Å². The third-order valence-electron chi connectivity index (χ3n) is 6.57. The highest BCUT2D eigenvalue weighted by Crippen LogP contribution is 2.29. The van der Waals surface area contributed by atoms with Crippen LogP contribution in [0.3, 0.4) is 0 Å². The number of carbonyl (C=O) groups excluding carboxylic acids is 2. The first kappa shape index (κ1) is 23.0. The van der Waals surface area contributed by atoms with E-state index in [1.54, 1.807) is 17.0 Å². The molecule has 6 nitrogen and oxygen atoms in total. The molecule has 0 spiro atoms. The molecule has 3 aromatic rings. The molecule has 35 heavy (non-hydrogen) atoms.